The Balaban J connectivity index is 1.24. The first-order valence-electron chi connectivity index (χ1n) is 11.2. The van der Waals surface area contributed by atoms with Gasteiger partial charge in [-0.15, -0.1) is 0 Å². The first-order valence-corrected chi connectivity index (χ1v) is 12.1. The number of pyridine rings is 1. The minimum Gasteiger partial charge on any atom is -0.383 e. The number of hydrogen-bond donors (Lipinski definition) is 2. The Bertz CT molecular complexity index is 1210. The zero-order valence-electron chi connectivity index (χ0n) is 19.0. The third kappa shape index (κ3) is 5.22. The summed E-state index contributed by atoms with van der Waals surface area (Å²) in [5, 5.41) is 11.4. The van der Waals surface area contributed by atoms with Crippen LogP contribution < -0.4 is 5.32 Å². The molecule has 4 heterocycles. The Morgan fingerprint density at radius 1 is 1.12 bits per heavy atom. The lowest BCUT2D eigenvalue weighted by Gasteiger charge is -2.34. The van der Waals surface area contributed by atoms with E-state index in [0.29, 0.717) is 0 Å². The molecule has 0 bridgehead atoms. The molecule has 3 aromatic heterocycles. The van der Waals surface area contributed by atoms with Crippen molar-refractivity contribution in [1.29, 1.82) is 0 Å². The van der Waals surface area contributed by atoms with Gasteiger partial charge in [0.05, 0.1) is 23.0 Å². The highest BCUT2D eigenvalue weighted by atomic mass is 32.1. The molecule has 0 saturated carbocycles. The van der Waals surface area contributed by atoms with Gasteiger partial charge >= 0.3 is 0 Å². The van der Waals surface area contributed by atoms with Crippen LogP contribution in [-0.4, -0.2) is 76.4 Å². The summed E-state index contributed by atoms with van der Waals surface area (Å²) < 4.78 is 6.34. The fourth-order valence-corrected chi connectivity index (χ4v) is 5.10. The second-order valence-corrected chi connectivity index (χ2v) is 9.43. The normalized spacial score (nSPS) is 15.3. The molecule has 0 unspecified atom stereocenters. The fraction of sp³-hybridized carbons (Fsp3) is 0.375. The van der Waals surface area contributed by atoms with Crippen molar-refractivity contribution in [2.75, 3.05) is 51.8 Å². The summed E-state index contributed by atoms with van der Waals surface area (Å²) in [5.74, 6) is 0.830. The van der Waals surface area contributed by atoms with Crippen LogP contribution in [0.1, 0.15) is 11.3 Å². The van der Waals surface area contributed by atoms with E-state index in [0.717, 1.165) is 83.9 Å². The standard InChI is InChI=1S/C24H29N7OS/c1-17-20(15-26-29-17)19-3-4-21-22(14-19)33-24(27-21)28-23-13-18(5-6-25-23)16-31-9-7-30(8-10-31)11-12-32-2/h3-6,13-15H,7-12,16H2,1-2H3,(H,26,29)(H,25,27,28). The molecular weight excluding hydrogens is 434 g/mol. The largest absolute Gasteiger partial charge is 0.383 e. The maximum Gasteiger partial charge on any atom is 0.189 e. The van der Waals surface area contributed by atoms with Crippen LogP contribution >= 0.6 is 11.3 Å². The van der Waals surface area contributed by atoms with Crippen LogP contribution in [0.15, 0.2) is 42.7 Å². The topological polar surface area (TPSA) is 82.2 Å². The summed E-state index contributed by atoms with van der Waals surface area (Å²) in [6.07, 6.45) is 3.74. The summed E-state index contributed by atoms with van der Waals surface area (Å²) in [4.78, 5) is 14.2. The van der Waals surface area contributed by atoms with Gasteiger partial charge in [-0.3, -0.25) is 14.9 Å². The van der Waals surface area contributed by atoms with Crippen LogP contribution in [-0.2, 0) is 11.3 Å². The molecule has 8 nitrogen and oxygen atoms in total. The Hall–Kier alpha value is -2.85. The van der Waals surface area contributed by atoms with Crippen LogP contribution in [0.2, 0.25) is 0 Å². The molecule has 0 radical (unpaired) electrons. The van der Waals surface area contributed by atoms with Crippen LogP contribution in [0.25, 0.3) is 21.3 Å². The van der Waals surface area contributed by atoms with Crippen molar-refractivity contribution in [3.8, 4) is 11.1 Å². The van der Waals surface area contributed by atoms with E-state index in [1.807, 2.05) is 19.3 Å². The summed E-state index contributed by atoms with van der Waals surface area (Å²) in [6.45, 7) is 9.11. The number of piperazine rings is 1. The summed E-state index contributed by atoms with van der Waals surface area (Å²) in [7, 11) is 1.76. The molecule has 4 aromatic rings. The maximum atomic E-state index is 5.20. The van der Waals surface area contributed by atoms with E-state index >= 15 is 0 Å². The number of aryl methyl sites for hydroxylation is 1. The van der Waals surface area contributed by atoms with Gasteiger partial charge < -0.3 is 10.1 Å². The molecule has 0 spiro atoms. The van der Waals surface area contributed by atoms with Crippen LogP contribution in [0.4, 0.5) is 10.9 Å². The molecule has 0 amide bonds. The number of rotatable bonds is 8. The number of ether oxygens (including phenoxy) is 1. The van der Waals surface area contributed by atoms with Crippen LogP contribution in [0, 0.1) is 6.92 Å². The number of aromatic nitrogens is 4. The molecule has 1 aliphatic heterocycles. The van der Waals surface area contributed by atoms with Crippen molar-refractivity contribution in [2.45, 2.75) is 13.5 Å². The number of hydrogen-bond acceptors (Lipinski definition) is 8. The average molecular weight is 464 g/mol. The smallest absolute Gasteiger partial charge is 0.189 e. The Kier molecular flexibility index (Phi) is 6.63. The quantitative estimate of drug-likeness (QED) is 0.410. The fourth-order valence-electron chi connectivity index (χ4n) is 4.19. The highest BCUT2D eigenvalue weighted by Crippen LogP contribution is 2.32. The second kappa shape index (κ2) is 9.96. The van der Waals surface area contributed by atoms with Gasteiger partial charge in [-0.25, -0.2) is 9.97 Å². The predicted molar refractivity (Wildman–Crippen MR) is 133 cm³/mol. The predicted octanol–water partition coefficient (Wildman–Crippen LogP) is 3.90. The number of methoxy groups -OCH3 is 1. The number of thiazole rings is 1. The molecule has 1 fully saturated rings. The van der Waals surface area contributed by atoms with Gasteiger partial charge in [0.25, 0.3) is 0 Å². The first kappa shape index (κ1) is 22.0. The third-order valence-electron chi connectivity index (χ3n) is 6.07. The van der Waals surface area contributed by atoms with Gasteiger partial charge in [-0.2, -0.15) is 5.10 Å². The molecule has 0 atom stereocenters. The Morgan fingerprint density at radius 2 is 1.97 bits per heavy atom. The minimum atomic E-state index is 0.801. The van der Waals surface area contributed by atoms with Gasteiger partial charge in [-0.05, 0) is 42.3 Å². The molecule has 1 aliphatic rings. The summed E-state index contributed by atoms with van der Waals surface area (Å²) in [6, 6.07) is 10.6. The molecule has 1 saturated heterocycles. The SMILES string of the molecule is COCCN1CCN(Cc2ccnc(Nc3nc4ccc(-c5cn[nH]c5C)cc4s3)c2)CC1. The monoisotopic (exact) mass is 463 g/mol. The van der Waals surface area contributed by atoms with Crippen LogP contribution in [0.3, 0.4) is 0 Å². The molecule has 33 heavy (non-hydrogen) atoms. The van der Waals surface area contributed by atoms with Gasteiger partial charge in [0.1, 0.15) is 5.82 Å². The Labute approximate surface area is 197 Å². The number of H-pyrrole nitrogens is 1. The zero-order valence-corrected chi connectivity index (χ0v) is 19.9. The third-order valence-corrected chi connectivity index (χ3v) is 7.01. The van der Waals surface area contributed by atoms with Crippen molar-refractivity contribution in [3.05, 3.63) is 54.0 Å². The number of anilines is 2. The van der Waals surface area contributed by atoms with Crippen LogP contribution in [0.5, 0.6) is 0 Å². The minimum absolute atomic E-state index is 0.801. The van der Waals surface area contributed by atoms with Gasteiger partial charge in [0, 0.05) is 63.8 Å². The average Bonchev–Trinajstić information content (AvgIpc) is 3.43. The highest BCUT2D eigenvalue weighted by molar-refractivity contribution is 7.22. The summed E-state index contributed by atoms with van der Waals surface area (Å²) >= 11 is 1.64. The van der Waals surface area contributed by atoms with E-state index in [1.165, 1.54) is 5.56 Å². The maximum absolute atomic E-state index is 5.20. The lowest BCUT2D eigenvalue weighted by atomic mass is 10.1. The van der Waals surface area contributed by atoms with E-state index in [4.69, 9.17) is 9.72 Å². The van der Waals surface area contributed by atoms with E-state index in [-0.39, 0.29) is 0 Å². The van der Waals surface area contributed by atoms with Crippen molar-refractivity contribution in [3.63, 3.8) is 0 Å². The molecule has 2 N–H and O–H groups in total. The molecule has 1 aromatic carbocycles. The van der Waals surface area contributed by atoms with E-state index in [1.54, 1.807) is 18.4 Å². The summed E-state index contributed by atoms with van der Waals surface area (Å²) in [5.41, 5.74) is 5.57. The molecule has 5 rings (SSSR count). The lowest BCUT2D eigenvalue weighted by Crippen LogP contribution is -2.46. The number of nitrogens with zero attached hydrogens (tertiary/aromatic N) is 5. The van der Waals surface area contributed by atoms with E-state index in [9.17, 15) is 0 Å². The lowest BCUT2D eigenvalue weighted by molar-refractivity contribution is 0.0938. The zero-order chi connectivity index (χ0) is 22.6. The first-order chi connectivity index (χ1) is 16.2. The highest BCUT2D eigenvalue weighted by Gasteiger charge is 2.17. The van der Waals surface area contributed by atoms with Gasteiger partial charge in [0.2, 0.25) is 0 Å². The van der Waals surface area contributed by atoms with E-state index in [2.05, 4.69) is 60.6 Å². The van der Waals surface area contributed by atoms with Gasteiger partial charge in [-0.1, -0.05) is 17.4 Å². The second-order valence-electron chi connectivity index (χ2n) is 8.40. The van der Waals surface area contributed by atoms with Crippen molar-refractivity contribution >= 4 is 32.5 Å². The molecule has 0 aliphatic carbocycles. The number of aromatic amines is 1. The molecule has 9 heteroatoms. The van der Waals surface area contributed by atoms with Crippen molar-refractivity contribution in [1.82, 2.24) is 30.0 Å². The van der Waals surface area contributed by atoms with E-state index < -0.39 is 0 Å². The van der Waals surface area contributed by atoms with Gasteiger partial charge in [0.15, 0.2) is 5.13 Å². The van der Waals surface area contributed by atoms with Crippen molar-refractivity contribution < 1.29 is 4.74 Å². The number of benzene rings is 1. The van der Waals surface area contributed by atoms with Crippen molar-refractivity contribution in [2.24, 2.45) is 0 Å². The molecule has 172 valence electrons. The molecular formula is C24H29N7OS. The number of nitrogens with one attached hydrogen (secondary N) is 2. The number of fused-ring (bicyclic) bond motifs is 1. The Morgan fingerprint density at radius 3 is 2.76 bits per heavy atom.